The summed E-state index contributed by atoms with van der Waals surface area (Å²) in [7, 11) is 1.48. The van der Waals surface area contributed by atoms with E-state index < -0.39 is 5.91 Å². The highest BCUT2D eigenvalue weighted by Gasteiger charge is 2.10. The summed E-state index contributed by atoms with van der Waals surface area (Å²) < 4.78 is 10.7. The summed E-state index contributed by atoms with van der Waals surface area (Å²) in [6, 6.07) is 6.30. The van der Waals surface area contributed by atoms with Crippen molar-refractivity contribution in [3.8, 4) is 5.75 Å². The summed E-state index contributed by atoms with van der Waals surface area (Å²) in [5.74, 6) is 0.0685. The van der Waals surface area contributed by atoms with Gasteiger partial charge in [-0.05, 0) is 40.2 Å². The standard InChI is InChI=1S/C13H9BrCl2N2O3/c1-20-12-7(4-8(15)5-9(12)16)6-17-18-13(19)10-2-3-11(14)21-10/h2-6H,1H3,(H,18,19)/b17-6-. The molecule has 0 aliphatic rings. The maximum Gasteiger partial charge on any atom is 0.307 e. The molecule has 0 aliphatic carbocycles. The predicted molar refractivity (Wildman–Crippen MR) is 84.5 cm³/mol. The minimum Gasteiger partial charge on any atom is -0.495 e. The number of carbonyl (C=O) groups excluding carboxylic acids is 1. The number of amides is 1. The molecule has 0 saturated heterocycles. The molecule has 0 spiro atoms. The first-order valence-electron chi connectivity index (χ1n) is 5.63. The van der Waals surface area contributed by atoms with Crippen LogP contribution in [0.25, 0.3) is 0 Å². The smallest absolute Gasteiger partial charge is 0.307 e. The molecular weight excluding hydrogens is 383 g/mol. The largest absolute Gasteiger partial charge is 0.495 e. The number of rotatable bonds is 4. The lowest BCUT2D eigenvalue weighted by molar-refractivity contribution is 0.0926. The van der Waals surface area contributed by atoms with E-state index in [1.165, 1.54) is 19.4 Å². The fourth-order valence-electron chi connectivity index (χ4n) is 1.54. The maximum absolute atomic E-state index is 11.7. The molecule has 0 fully saturated rings. The minimum atomic E-state index is -0.482. The highest BCUT2D eigenvalue weighted by atomic mass is 79.9. The molecule has 1 aromatic carbocycles. The van der Waals surface area contributed by atoms with Crippen LogP contribution in [0.1, 0.15) is 16.1 Å². The molecule has 0 atom stereocenters. The van der Waals surface area contributed by atoms with Gasteiger partial charge in [0.15, 0.2) is 10.4 Å². The van der Waals surface area contributed by atoms with Crippen molar-refractivity contribution < 1.29 is 13.9 Å². The number of nitrogens with zero attached hydrogens (tertiary/aromatic N) is 1. The summed E-state index contributed by atoms with van der Waals surface area (Å²) in [6.45, 7) is 0. The highest BCUT2D eigenvalue weighted by Crippen LogP contribution is 2.31. The number of ether oxygens (including phenoxy) is 1. The van der Waals surface area contributed by atoms with Gasteiger partial charge in [0.1, 0.15) is 5.75 Å². The summed E-state index contributed by atoms with van der Waals surface area (Å²) in [5, 5.41) is 4.61. The Hall–Kier alpha value is -1.50. The Bertz CT molecular complexity index is 701. The van der Waals surface area contributed by atoms with Crippen LogP contribution >= 0.6 is 39.1 Å². The average Bonchev–Trinajstić information content (AvgIpc) is 2.85. The topological polar surface area (TPSA) is 63.8 Å². The first kappa shape index (κ1) is 15.9. The number of nitrogens with one attached hydrogen (secondary N) is 1. The van der Waals surface area contributed by atoms with Crippen molar-refractivity contribution in [2.24, 2.45) is 5.10 Å². The van der Waals surface area contributed by atoms with Crippen molar-refractivity contribution in [1.82, 2.24) is 5.43 Å². The van der Waals surface area contributed by atoms with E-state index in [9.17, 15) is 4.79 Å². The van der Waals surface area contributed by atoms with E-state index in [0.29, 0.717) is 26.0 Å². The van der Waals surface area contributed by atoms with Gasteiger partial charge >= 0.3 is 5.91 Å². The molecule has 5 nitrogen and oxygen atoms in total. The van der Waals surface area contributed by atoms with E-state index in [-0.39, 0.29) is 5.76 Å². The van der Waals surface area contributed by atoms with E-state index in [4.69, 9.17) is 32.4 Å². The molecule has 2 aromatic rings. The second-order valence-electron chi connectivity index (χ2n) is 3.81. The first-order chi connectivity index (χ1) is 10.0. The van der Waals surface area contributed by atoms with E-state index >= 15 is 0 Å². The number of benzene rings is 1. The molecule has 8 heteroatoms. The Morgan fingerprint density at radius 1 is 1.43 bits per heavy atom. The fourth-order valence-corrected chi connectivity index (χ4v) is 2.44. The Kier molecular flexibility index (Phi) is 5.27. The number of hydrogen-bond donors (Lipinski definition) is 1. The molecule has 1 N–H and O–H groups in total. The lowest BCUT2D eigenvalue weighted by Crippen LogP contribution is -2.16. The van der Waals surface area contributed by atoms with Gasteiger partial charge in [0.25, 0.3) is 0 Å². The molecule has 21 heavy (non-hydrogen) atoms. The van der Waals surface area contributed by atoms with Gasteiger partial charge in [-0.1, -0.05) is 23.2 Å². The molecule has 0 saturated carbocycles. The lowest BCUT2D eigenvalue weighted by atomic mass is 10.2. The summed E-state index contributed by atoms with van der Waals surface area (Å²) in [5.41, 5.74) is 2.86. The van der Waals surface area contributed by atoms with Gasteiger partial charge in [0.2, 0.25) is 0 Å². The van der Waals surface area contributed by atoms with Crippen molar-refractivity contribution in [3.63, 3.8) is 0 Å². The van der Waals surface area contributed by atoms with Crippen LogP contribution in [0.2, 0.25) is 10.0 Å². The molecule has 1 aromatic heterocycles. The third-order valence-electron chi connectivity index (χ3n) is 2.41. The lowest BCUT2D eigenvalue weighted by Gasteiger charge is -2.07. The third kappa shape index (κ3) is 4.00. The van der Waals surface area contributed by atoms with Crippen molar-refractivity contribution >= 4 is 51.3 Å². The van der Waals surface area contributed by atoms with Crippen LogP contribution in [0.3, 0.4) is 0 Å². The molecule has 0 unspecified atom stereocenters. The van der Waals surface area contributed by atoms with Crippen LogP contribution in [0, 0.1) is 0 Å². The van der Waals surface area contributed by atoms with Gasteiger partial charge in [-0.3, -0.25) is 4.79 Å². The third-order valence-corrected chi connectivity index (χ3v) is 3.33. The molecule has 110 valence electrons. The van der Waals surface area contributed by atoms with Crippen LogP contribution in [-0.2, 0) is 0 Å². The molecule has 0 aliphatic heterocycles. The van der Waals surface area contributed by atoms with Crippen LogP contribution in [0.4, 0.5) is 0 Å². The Balaban J connectivity index is 2.13. The molecule has 2 rings (SSSR count). The molecule has 1 heterocycles. The van der Waals surface area contributed by atoms with E-state index in [2.05, 4.69) is 26.5 Å². The second-order valence-corrected chi connectivity index (χ2v) is 5.44. The molecule has 0 radical (unpaired) electrons. The number of furan rings is 1. The van der Waals surface area contributed by atoms with Crippen molar-refractivity contribution in [1.29, 1.82) is 0 Å². The van der Waals surface area contributed by atoms with Gasteiger partial charge in [0.05, 0.1) is 18.3 Å². The quantitative estimate of drug-likeness (QED) is 0.629. The average molecular weight is 392 g/mol. The van der Waals surface area contributed by atoms with Crippen LogP contribution in [0.15, 0.2) is 38.5 Å². The Labute approximate surface area is 139 Å². The zero-order valence-electron chi connectivity index (χ0n) is 10.7. The minimum absolute atomic E-state index is 0.134. The SMILES string of the molecule is COc1c(Cl)cc(Cl)cc1/C=N\NC(=O)c1ccc(Br)o1. The highest BCUT2D eigenvalue weighted by molar-refractivity contribution is 9.10. The van der Waals surface area contributed by atoms with Crippen LogP contribution in [-0.4, -0.2) is 19.2 Å². The second kappa shape index (κ2) is 6.98. The van der Waals surface area contributed by atoms with Crippen LogP contribution < -0.4 is 10.2 Å². The number of methoxy groups -OCH3 is 1. The van der Waals surface area contributed by atoms with E-state index in [0.717, 1.165) is 0 Å². The fraction of sp³-hybridized carbons (Fsp3) is 0.0769. The molecular formula is C13H9BrCl2N2O3. The zero-order valence-corrected chi connectivity index (χ0v) is 13.8. The van der Waals surface area contributed by atoms with E-state index in [1.54, 1.807) is 18.2 Å². The number of halogens is 3. The van der Waals surface area contributed by atoms with Gasteiger partial charge in [-0.15, -0.1) is 0 Å². The van der Waals surface area contributed by atoms with Gasteiger partial charge in [0, 0.05) is 10.6 Å². The monoisotopic (exact) mass is 390 g/mol. The number of hydrazone groups is 1. The van der Waals surface area contributed by atoms with Gasteiger partial charge in [-0.25, -0.2) is 5.43 Å². The first-order valence-corrected chi connectivity index (χ1v) is 7.18. The number of hydrogen-bond acceptors (Lipinski definition) is 4. The summed E-state index contributed by atoms with van der Waals surface area (Å²) >= 11 is 15.0. The predicted octanol–water partition coefficient (Wildman–Crippen LogP) is 4.12. The van der Waals surface area contributed by atoms with Crippen molar-refractivity contribution in [2.45, 2.75) is 0 Å². The summed E-state index contributed by atoms with van der Waals surface area (Å²) in [4.78, 5) is 11.7. The van der Waals surface area contributed by atoms with Crippen molar-refractivity contribution in [3.05, 3.63) is 50.3 Å². The van der Waals surface area contributed by atoms with Crippen molar-refractivity contribution in [2.75, 3.05) is 7.11 Å². The van der Waals surface area contributed by atoms with Gasteiger partial charge < -0.3 is 9.15 Å². The van der Waals surface area contributed by atoms with Crippen LogP contribution in [0.5, 0.6) is 5.75 Å². The molecule has 1 amide bonds. The van der Waals surface area contributed by atoms with E-state index in [1.807, 2.05) is 0 Å². The maximum atomic E-state index is 11.7. The normalized spacial score (nSPS) is 10.9. The van der Waals surface area contributed by atoms with Gasteiger partial charge in [-0.2, -0.15) is 5.10 Å². The zero-order chi connectivity index (χ0) is 15.4. The molecule has 0 bridgehead atoms. The Morgan fingerprint density at radius 2 is 2.19 bits per heavy atom. The number of carbonyl (C=O) groups is 1. The Morgan fingerprint density at radius 3 is 2.81 bits per heavy atom. The summed E-state index contributed by atoms with van der Waals surface area (Å²) in [6.07, 6.45) is 1.38.